The van der Waals surface area contributed by atoms with E-state index in [2.05, 4.69) is 16.0 Å². The minimum Gasteiger partial charge on any atom is -0.493 e. The van der Waals surface area contributed by atoms with Crippen LogP contribution in [0.15, 0.2) is 97.1 Å². The van der Waals surface area contributed by atoms with E-state index >= 15 is 0 Å². The van der Waals surface area contributed by atoms with Crippen molar-refractivity contribution in [3.63, 3.8) is 0 Å². The summed E-state index contributed by atoms with van der Waals surface area (Å²) in [5, 5.41) is 33.6. The first-order chi connectivity index (χ1) is 22.9. The minimum atomic E-state index is -1.35. The number of benzene rings is 4. The molecule has 4 aromatic rings. The summed E-state index contributed by atoms with van der Waals surface area (Å²) in [6.07, 6.45) is 0. The van der Waals surface area contributed by atoms with Crippen LogP contribution in [0.25, 0.3) is 0 Å². The third kappa shape index (κ3) is 10.6. The van der Waals surface area contributed by atoms with Gasteiger partial charge in [0.25, 0.3) is 5.97 Å². The van der Waals surface area contributed by atoms with Crippen molar-refractivity contribution < 1.29 is 38.9 Å². The van der Waals surface area contributed by atoms with Gasteiger partial charge in [-0.25, -0.2) is 4.79 Å². The molecule has 0 aliphatic carbocycles. The Kier molecular flexibility index (Phi) is 13.1. The maximum absolute atomic E-state index is 14.0. The molecule has 0 fully saturated rings. The van der Waals surface area contributed by atoms with Crippen molar-refractivity contribution in [2.24, 2.45) is 5.73 Å². The van der Waals surface area contributed by atoms with Crippen LogP contribution in [-0.2, 0) is 25.8 Å². The fourth-order valence-corrected chi connectivity index (χ4v) is 4.48. The lowest BCUT2D eigenvalue weighted by Crippen LogP contribution is -2.39. The van der Waals surface area contributed by atoms with Gasteiger partial charge in [-0.05, 0) is 41.5 Å². The van der Waals surface area contributed by atoms with E-state index in [1.807, 2.05) is 30.3 Å². The fraction of sp³-hybridized carbons (Fsp3) is 0.171. The van der Waals surface area contributed by atoms with Crippen molar-refractivity contribution in [3.05, 3.63) is 119 Å². The summed E-state index contributed by atoms with van der Waals surface area (Å²) in [6, 6.07) is 24.8. The number of carboxylic acids is 2. The van der Waals surface area contributed by atoms with Crippen molar-refractivity contribution >= 4 is 41.0 Å². The van der Waals surface area contributed by atoms with Crippen molar-refractivity contribution in [2.45, 2.75) is 32.5 Å². The highest BCUT2D eigenvalue weighted by Gasteiger charge is 2.31. The van der Waals surface area contributed by atoms with Gasteiger partial charge in [-0.2, -0.15) is 0 Å². The molecule has 0 saturated carbocycles. The summed E-state index contributed by atoms with van der Waals surface area (Å²) in [4.78, 5) is 47.5. The molecule has 250 valence electrons. The average Bonchev–Trinajstić information content (AvgIpc) is 3.05. The number of nitrogens with one attached hydrogen (secondary N) is 4. The summed E-state index contributed by atoms with van der Waals surface area (Å²) in [5.41, 5.74) is 8.37. The van der Waals surface area contributed by atoms with Crippen molar-refractivity contribution in [2.75, 3.05) is 17.7 Å². The topological polar surface area (TPSA) is 213 Å². The van der Waals surface area contributed by atoms with Gasteiger partial charge in [0.15, 0.2) is 17.5 Å². The van der Waals surface area contributed by atoms with Gasteiger partial charge >= 0.3 is 5.97 Å². The molecule has 0 saturated heterocycles. The Balaban J connectivity index is 0.00000148. The van der Waals surface area contributed by atoms with Gasteiger partial charge in [0.05, 0.1) is 12.8 Å². The maximum Gasteiger partial charge on any atom is 0.330 e. The minimum absolute atomic E-state index is 0.123. The smallest absolute Gasteiger partial charge is 0.330 e. The molecule has 2 amide bonds. The molecule has 13 nitrogen and oxygen atoms in total. The second-order valence-electron chi connectivity index (χ2n) is 10.3. The summed E-state index contributed by atoms with van der Waals surface area (Å²) >= 11 is 0. The van der Waals surface area contributed by atoms with Gasteiger partial charge in [0, 0.05) is 36.7 Å². The molecule has 4 rings (SSSR count). The maximum atomic E-state index is 14.0. The van der Waals surface area contributed by atoms with E-state index in [4.69, 9.17) is 30.5 Å². The normalized spacial score (nSPS) is 11.4. The highest BCUT2D eigenvalue weighted by Crippen LogP contribution is 2.38. The van der Waals surface area contributed by atoms with Crippen LogP contribution in [0.4, 0.5) is 11.4 Å². The van der Waals surface area contributed by atoms with Crippen molar-refractivity contribution in [3.8, 4) is 11.5 Å². The predicted octanol–water partition coefficient (Wildman–Crippen LogP) is 4.70. The van der Waals surface area contributed by atoms with Crippen LogP contribution in [0.3, 0.4) is 0 Å². The third-order valence-corrected chi connectivity index (χ3v) is 6.63. The molecule has 8 N–H and O–H groups in total. The second-order valence-corrected chi connectivity index (χ2v) is 10.3. The largest absolute Gasteiger partial charge is 0.493 e. The number of carbonyl (C=O) groups excluding carboxylic acids is 2. The van der Waals surface area contributed by atoms with Crippen LogP contribution < -0.4 is 31.2 Å². The highest BCUT2D eigenvalue weighted by molar-refractivity contribution is 5.96. The predicted molar refractivity (Wildman–Crippen MR) is 180 cm³/mol. The first-order valence-corrected chi connectivity index (χ1v) is 14.5. The molecular weight excluding hydrogens is 618 g/mol. The summed E-state index contributed by atoms with van der Waals surface area (Å²) in [7, 11) is 1.45. The van der Waals surface area contributed by atoms with Gasteiger partial charge in [-0.3, -0.25) is 19.8 Å². The van der Waals surface area contributed by atoms with Gasteiger partial charge in [0.2, 0.25) is 11.8 Å². The van der Waals surface area contributed by atoms with E-state index < -0.39 is 35.8 Å². The first-order valence-electron chi connectivity index (χ1n) is 14.5. The molecule has 0 radical (unpaired) electrons. The number of hydrogen-bond donors (Lipinski definition) is 7. The number of carboxylic acid groups (broad SMARTS) is 2. The standard InChI is InChI=1S/C33H33N5O6.C2H4O2/c1-20(39)36-26-18-28(44-19-21-9-5-3-6-10-21)27(43-2)17-25(26)30(37-24-15-13-23(14-16-24)31(34)35)32(40)38-29(33(41)42)22-11-7-4-8-12-22;1-2(3)4/h3-18,29-30,37H,19H2,1-2H3,(H3,34,35)(H,36,39)(H,38,40)(H,41,42);1H3,(H,3,4)/t29-,30-;/m0./s1. The average molecular weight is 656 g/mol. The Morgan fingerprint density at radius 3 is 1.94 bits per heavy atom. The number of amides is 2. The highest BCUT2D eigenvalue weighted by atomic mass is 16.5. The number of aliphatic carboxylic acids is 2. The number of nitrogen functional groups attached to an aromatic ring is 1. The van der Waals surface area contributed by atoms with Crippen LogP contribution in [0.1, 0.15) is 48.2 Å². The van der Waals surface area contributed by atoms with E-state index in [0.717, 1.165) is 12.5 Å². The Hall–Kier alpha value is -6.37. The monoisotopic (exact) mass is 655 g/mol. The number of amidine groups is 1. The van der Waals surface area contributed by atoms with Crippen molar-refractivity contribution in [1.82, 2.24) is 5.32 Å². The molecule has 0 spiro atoms. The molecule has 13 heteroatoms. The van der Waals surface area contributed by atoms with Crippen LogP contribution >= 0.6 is 0 Å². The van der Waals surface area contributed by atoms with E-state index in [1.165, 1.54) is 14.0 Å². The van der Waals surface area contributed by atoms with E-state index in [0.29, 0.717) is 22.6 Å². The zero-order chi connectivity index (χ0) is 35.2. The Bertz CT molecular complexity index is 1730. The van der Waals surface area contributed by atoms with Crippen LogP contribution in [0, 0.1) is 5.41 Å². The number of nitrogens with two attached hydrogens (primary N) is 1. The number of hydrogen-bond acceptors (Lipinski definition) is 8. The number of ether oxygens (including phenoxy) is 2. The molecule has 0 heterocycles. The molecule has 0 aliphatic rings. The van der Waals surface area contributed by atoms with Crippen LogP contribution in [-0.4, -0.2) is 46.9 Å². The Morgan fingerprint density at radius 2 is 1.42 bits per heavy atom. The number of carbonyl (C=O) groups is 4. The SMILES string of the molecule is CC(=O)O.COc1cc([C@H](Nc2ccc(C(=N)N)cc2)C(=O)N[C@H](C(=O)O)c2ccccc2)c(NC(C)=O)cc1OCc1ccccc1. The number of methoxy groups -OCH3 is 1. The van der Waals surface area contributed by atoms with Gasteiger partial charge < -0.3 is 41.4 Å². The number of rotatable bonds is 13. The first kappa shape index (κ1) is 36.1. The summed E-state index contributed by atoms with van der Waals surface area (Å²) < 4.78 is 11.6. The lowest BCUT2D eigenvalue weighted by atomic mass is 10.00. The molecule has 0 bridgehead atoms. The van der Waals surface area contributed by atoms with Crippen molar-refractivity contribution in [1.29, 1.82) is 5.41 Å². The Morgan fingerprint density at radius 1 is 0.833 bits per heavy atom. The molecule has 0 unspecified atom stereocenters. The number of anilines is 2. The van der Waals surface area contributed by atoms with E-state index in [9.17, 15) is 19.5 Å². The second kappa shape index (κ2) is 17.4. The van der Waals surface area contributed by atoms with Crippen LogP contribution in [0.2, 0.25) is 0 Å². The molecule has 0 aromatic heterocycles. The quantitative estimate of drug-likeness (QED) is 0.0779. The summed E-state index contributed by atoms with van der Waals surface area (Å²) in [5.74, 6) is -2.69. The molecule has 2 atom stereocenters. The fourth-order valence-electron chi connectivity index (χ4n) is 4.48. The lowest BCUT2D eigenvalue weighted by Gasteiger charge is -2.26. The molecule has 48 heavy (non-hydrogen) atoms. The molecule has 4 aromatic carbocycles. The van der Waals surface area contributed by atoms with Gasteiger partial charge in [-0.1, -0.05) is 60.7 Å². The van der Waals surface area contributed by atoms with Gasteiger partial charge in [-0.15, -0.1) is 0 Å². The third-order valence-electron chi connectivity index (χ3n) is 6.63. The Labute approximate surface area is 277 Å². The summed E-state index contributed by atoms with van der Waals surface area (Å²) in [6.45, 7) is 2.63. The lowest BCUT2D eigenvalue weighted by molar-refractivity contribution is -0.142. The van der Waals surface area contributed by atoms with Crippen LogP contribution in [0.5, 0.6) is 11.5 Å². The zero-order valence-corrected chi connectivity index (χ0v) is 26.5. The zero-order valence-electron chi connectivity index (χ0n) is 26.5. The van der Waals surface area contributed by atoms with E-state index in [-0.39, 0.29) is 29.4 Å². The molecule has 0 aliphatic heterocycles. The van der Waals surface area contributed by atoms with Gasteiger partial charge in [0.1, 0.15) is 18.5 Å². The van der Waals surface area contributed by atoms with E-state index in [1.54, 1.807) is 66.7 Å². The molecular formula is C35H37N5O8.